The van der Waals surface area contributed by atoms with Crippen LogP contribution < -0.4 is 15.4 Å². The summed E-state index contributed by atoms with van der Waals surface area (Å²) in [6.07, 6.45) is 2.35. The van der Waals surface area contributed by atoms with E-state index in [2.05, 4.69) is 33.5 Å². The molecular formula is C15H22BrClN2O2. The number of hydrogen-bond acceptors (Lipinski definition) is 3. The molecule has 118 valence electrons. The van der Waals surface area contributed by atoms with E-state index in [-0.39, 0.29) is 24.4 Å². The summed E-state index contributed by atoms with van der Waals surface area (Å²) >= 11 is 3.40. The van der Waals surface area contributed by atoms with Crippen molar-refractivity contribution in [3.63, 3.8) is 0 Å². The predicted molar refractivity (Wildman–Crippen MR) is 90.5 cm³/mol. The lowest BCUT2D eigenvalue weighted by Crippen LogP contribution is -2.44. The number of ether oxygens (including phenoxy) is 1. The number of methoxy groups -OCH3 is 1. The fourth-order valence-corrected chi connectivity index (χ4v) is 3.06. The first-order valence-electron chi connectivity index (χ1n) is 6.97. The molecule has 1 amide bonds. The van der Waals surface area contributed by atoms with Crippen LogP contribution in [0.2, 0.25) is 0 Å². The van der Waals surface area contributed by atoms with Gasteiger partial charge in [-0.3, -0.25) is 4.79 Å². The Kier molecular flexibility index (Phi) is 7.49. The van der Waals surface area contributed by atoms with Crippen LogP contribution >= 0.6 is 28.3 Å². The van der Waals surface area contributed by atoms with Gasteiger partial charge in [0.25, 0.3) is 5.91 Å². The van der Waals surface area contributed by atoms with Crippen LogP contribution in [0.3, 0.4) is 0 Å². The molecule has 1 saturated heterocycles. The van der Waals surface area contributed by atoms with Crippen molar-refractivity contribution in [3.8, 4) is 5.75 Å². The maximum atomic E-state index is 12.3. The van der Waals surface area contributed by atoms with Crippen LogP contribution in [-0.2, 0) is 0 Å². The van der Waals surface area contributed by atoms with Crippen LogP contribution in [-0.4, -0.2) is 32.1 Å². The van der Waals surface area contributed by atoms with Crippen LogP contribution in [0.4, 0.5) is 0 Å². The number of piperidine rings is 1. The van der Waals surface area contributed by atoms with Crippen molar-refractivity contribution in [2.75, 3.05) is 20.2 Å². The van der Waals surface area contributed by atoms with Crippen molar-refractivity contribution in [2.45, 2.75) is 25.8 Å². The molecule has 1 aliphatic rings. The van der Waals surface area contributed by atoms with Crippen molar-refractivity contribution in [1.82, 2.24) is 10.6 Å². The number of rotatable bonds is 4. The first-order chi connectivity index (χ1) is 9.61. The fraction of sp³-hybridized carbons (Fsp3) is 0.533. The van der Waals surface area contributed by atoms with E-state index in [0.717, 1.165) is 23.3 Å². The molecule has 1 fully saturated rings. The van der Waals surface area contributed by atoms with Crippen molar-refractivity contribution >= 4 is 34.2 Å². The quantitative estimate of drug-likeness (QED) is 0.848. The molecule has 2 unspecified atom stereocenters. The van der Waals surface area contributed by atoms with Crippen LogP contribution in [0.1, 0.15) is 30.1 Å². The molecule has 6 heteroatoms. The molecule has 1 aliphatic heterocycles. The molecule has 0 saturated carbocycles. The number of halogens is 2. The number of nitrogens with one attached hydrogen (secondary N) is 2. The van der Waals surface area contributed by atoms with Crippen LogP contribution in [0.25, 0.3) is 0 Å². The number of carbonyl (C=O) groups is 1. The highest BCUT2D eigenvalue weighted by Gasteiger charge is 2.21. The van der Waals surface area contributed by atoms with Crippen molar-refractivity contribution in [1.29, 1.82) is 0 Å². The zero-order chi connectivity index (χ0) is 14.5. The third-order valence-corrected chi connectivity index (χ3v) is 4.43. The normalized spacial score (nSPS) is 19.3. The van der Waals surface area contributed by atoms with E-state index >= 15 is 0 Å². The molecule has 0 spiro atoms. The summed E-state index contributed by atoms with van der Waals surface area (Å²) in [5.41, 5.74) is 0.647. The van der Waals surface area contributed by atoms with Gasteiger partial charge in [0.2, 0.25) is 0 Å². The lowest BCUT2D eigenvalue weighted by atomic mass is 9.92. The highest BCUT2D eigenvalue weighted by atomic mass is 79.9. The molecule has 0 bridgehead atoms. The number of benzene rings is 1. The van der Waals surface area contributed by atoms with Crippen molar-refractivity contribution in [3.05, 3.63) is 28.2 Å². The highest BCUT2D eigenvalue weighted by molar-refractivity contribution is 9.10. The lowest BCUT2D eigenvalue weighted by Gasteiger charge is -2.29. The minimum Gasteiger partial charge on any atom is -0.496 e. The third kappa shape index (κ3) is 4.87. The maximum absolute atomic E-state index is 12.3. The molecule has 4 nitrogen and oxygen atoms in total. The minimum atomic E-state index is -0.0357. The van der Waals surface area contributed by atoms with Gasteiger partial charge in [0.15, 0.2) is 0 Å². The van der Waals surface area contributed by atoms with Gasteiger partial charge in [0.1, 0.15) is 5.75 Å². The molecule has 1 aromatic rings. The van der Waals surface area contributed by atoms with E-state index < -0.39 is 0 Å². The summed E-state index contributed by atoms with van der Waals surface area (Å²) in [5, 5.41) is 6.47. The second-order valence-corrected chi connectivity index (χ2v) is 6.07. The smallest absolute Gasteiger partial charge is 0.251 e. The Balaban J connectivity index is 0.00000220. The molecular weight excluding hydrogens is 356 g/mol. The van der Waals surface area contributed by atoms with E-state index in [1.165, 1.54) is 12.8 Å². The topological polar surface area (TPSA) is 50.4 Å². The Bertz CT molecular complexity index is 479. The first kappa shape index (κ1) is 18.3. The predicted octanol–water partition coefficient (Wildman–Crippen LogP) is 3.00. The van der Waals surface area contributed by atoms with E-state index in [1.54, 1.807) is 25.3 Å². The summed E-state index contributed by atoms with van der Waals surface area (Å²) in [6, 6.07) is 5.55. The number of amides is 1. The van der Waals surface area contributed by atoms with Crippen LogP contribution in [0.5, 0.6) is 5.75 Å². The van der Waals surface area contributed by atoms with E-state index in [0.29, 0.717) is 11.5 Å². The van der Waals surface area contributed by atoms with Crippen molar-refractivity contribution < 1.29 is 9.53 Å². The zero-order valence-corrected chi connectivity index (χ0v) is 14.7. The molecule has 1 aromatic carbocycles. The van der Waals surface area contributed by atoms with Crippen LogP contribution in [0, 0.1) is 5.92 Å². The number of carbonyl (C=O) groups excluding carboxylic acids is 1. The summed E-state index contributed by atoms with van der Waals surface area (Å²) in [5.74, 6) is 1.20. The Labute approximate surface area is 140 Å². The molecule has 2 N–H and O–H groups in total. The Morgan fingerprint density at radius 1 is 1.52 bits per heavy atom. The standard InChI is InChI=1S/C15H21BrN2O2.ClH/c1-10(12-4-3-7-17-9-12)18-15(19)11-5-6-14(20-2)13(16)8-11;/h5-6,8,10,12,17H,3-4,7,9H2,1-2H3,(H,18,19);1H. The van der Waals surface area contributed by atoms with Gasteiger partial charge in [0, 0.05) is 11.6 Å². The van der Waals surface area contributed by atoms with Gasteiger partial charge in [0.05, 0.1) is 11.6 Å². The fourth-order valence-electron chi connectivity index (χ4n) is 2.52. The van der Waals surface area contributed by atoms with Crippen LogP contribution in [0.15, 0.2) is 22.7 Å². The molecule has 1 heterocycles. The molecule has 0 aliphatic carbocycles. The van der Waals surface area contributed by atoms with Gasteiger partial charge in [-0.05, 0) is 72.9 Å². The molecule has 21 heavy (non-hydrogen) atoms. The molecule has 2 atom stereocenters. The highest BCUT2D eigenvalue weighted by Crippen LogP contribution is 2.25. The second-order valence-electron chi connectivity index (χ2n) is 5.22. The second kappa shape index (κ2) is 8.61. The largest absolute Gasteiger partial charge is 0.496 e. The number of hydrogen-bond donors (Lipinski definition) is 2. The first-order valence-corrected chi connectivity index (χ1v) is 7.76. The molecule has 0 aromatic heterocycles. The van der Waals surface area contributed by atoms with E-state index in [1.807, 2.05) is 0 Å². The third-order valence-electron chi connectivity index (χ3n) is 3.81. The van der Waals surface area contributed by atoms with Gasteiger partial charge in [-0.1, -0.05) is 0 Å². The van der Waals surface area contributed by atoms with Gasteiger partial charge in [-0.25, -0.2) is 0 Å². The summed E-state index contributed by atoms with van der Waals surface area (Å²) in [6.45, 7) is 4.14. The summed E-state index contributed by atoms with van der Waals surface area (Å²) in [7, 11) is 1.61. The Morgan fingerprint density at radius 3 is 2.86 bits per heavy atom. The Hall–Kier alpha value is -0.780. The average Bonchev–Trinajstić information content (AvgIpc) is 2.48. The molecule has 0 radical (unpaired) electrons. The monoisotopic (exact) mass is 376 g/mol. The average molecular weight is 378 g/mol. The van der Waals surface area contributed by atoms with E-state index in [9.17, 15) is 4.79 Å². The summed E-state index contributed by atoms with van der Waals surface area (Å²) < 4.78 is 5.96. The molecule has 2 rings (SSSR count). The lowest BCUT2D eigenvalue weighted by molar-refractivity contribution is 0.0922. The zero-order valence-electron chi connectivity index (χ0n) is 12.3. The van der Waals surface area contributed by atoms with Gasteiger partial charge in [-0.2, -0.15) is 0 Å². The van der Waals surface area contributed by atoms with Gasteiger partial charge >= 0.3 is 0 Å². The minimum absolute atomic E-state index is 0. The summed E-state index contributed by atoms with van der Waals surface area (Å²) in [4.78, 5) is 12.3. The van der Waals surface area contributed by atoms with Crippen molar-refractivity contribution in [2.24, 2.45) is 5.92 Å². The van der Waals surface area contributed by atoms with Gasteiger partial charge in [-0.15, -0.1) is 12.4 Å². The maximum Gasteiger partial charge on any atom is 0.251 e. The van der Waals surface area contributed by atoms with E-state index in [4.69, 9.17) is 4.74 Å². The Morgan fingerprint density at radius 2 is 2.29 bits per heavy atom. The van der Waals surface area contributed by atoms with Gasteiger partial charge < -0.3 is 15.4 Å². The SMILES string of the molecule is COc1ccc(C(=O)NC(C)C2CCCNC2)cc1Br.Cl.